The predicted molar refractivity (Wildman–Crippen MR) is 69.2 cm³/mol. The Balaban J connectivity index is 2.52. The topological polar surface area (TPSA) is 37.3 Å². The highest BCUT2D eigenvalue weighted by molar-refractivity contribution is 6.31. The fourth-order valence-corrected chi connectivity index (χ4v) is 2.02. The maximum Gasteiger partial charge on any atom is 0.150 e. The molecule has 0 spiro atoms. The van der Waals surface area contributed by atoms with E-state index in [4.69, 9.17) is 11.6 Å². The highest BCUT2D eigenvalue weighted by atomic mass is 35.5. The third-order valence-corrected chi connectivity index (χ3v) is 3.35. The molecule has 0 saturated carbocycles. The van der Waals surface area contributed by atoms with E-state index in [1.165, 1.54) is 6.92 Å². The summed E-state index contributed by atoms with van der Waals surface area (Å²) in [5, 5.41) is 11.2. The van der Waals surface area contributed by atoms with Gasteiger partial charge in [0.1, 0.15) is 11.5 Å². The van der Waals surface area contributed by atoms with Crippen LogP contribution in [-0.4, -0.2) is 16.3 Å². The van der Waals surface area contributed by atoms with Crippen molar-refractivity contribution in [3.63, 3.8) is 0 Å². The molecule has 0 bridgehead atoms. The largest absolute Gasteiger partial charge is 0.386 e. The van der Waals surface area contributed by atoms with Crippen molar-refractivity contribution in [2.24, 2.45) is 0 Å². The fraction of sp³-hybridized carbons (Fsp3) is 0.214. The van der Waals surface area contributed by atoms with Gasteiger partial charge in [0.05, 0.1) is 0 Å². The van der Waals surface area contributed by atoms with Crippen molar-refractivity contribution in [1.82, 2.24) is 0 Å². The molecule has 0 unspecified atom stereocenters. The molecule has 0 aromatic heterocycles. The van der Waals surface area contributed by atoms with Crippen LogP contribution in [0.4, 0.5) is 0 Å². The number of ketones is 1. The quantitative estimate of drug-likeness (QED) is 0.848. The maximum atomic E-state index is 11.2. The molecule has 0 aliphatic carbocycles. The number of rotatable bonds is 3. The number of fused-ring (bicyclic) bond motifs is 1. The number of aliphatic hydroxyl groups is 1. The van der Waals surface area contributed by atoms with Crippen molar-refractivity contribution in [2.45, 2.75) is 18.4 Å². The van der Waals surface area contributed by atoms with Crippen LogP contribution >= 0.6 is 11.6 Å². The van der Waals surface area contributed by atoms with Crippen LogP contribution in [-0.2, 0) is 4.79 Å². The Morgan fingerprint density at radius 1 is 1.18 bits per heavy atom. The Bertz CT molecular complexity index is 545. The summed E-state index contributed by atoms with van der Waals surface area (Å²) in [6.07, 6.45) is -0.972. The number of carbonyl (C=O) groups is 1. The summed E-state index contributed by atoms with van der Waals surface area (Å²) in [5.41, 5.74) is 0.693. The number of hydrogen-bond donors (Lipinski definition) is 1. The molecule has 0 saturated heterocycles. The summed E-state index contributed by atoms with van der Waals surface area (Å²) in [4.78, 5) is 11.2. The van der Waals surface area contributed by atoms with Gasteiger partial charge in [-0.2, -0.15) is 0 Å². The van der Waals surface area contributed by atoms with E-state index in [2.05, 4.69) is 0 Å². The number of Topliss-reactive ketones (excluding diaryl/α,β-unsaturated/α-hetero) is 1. The second-order valence-electron chi connectivity index (χ2n) is 4.03. The minimum absolute atomic E-state index is 0.230. The Hall–Kier alpha value is -1.38. The van der Waals surface area contributed by atoms with E-state index in [9.17, 15) is 9.90 Å². The van der Waals surface area contributed by atoms with Crippen molar-refractivity contribution in [3.05, 3.63) is 48.0 Å². The van der Waals surface area contributed by atoms with E-state index >= 15 is 0 Å². The molecular formula is C14H13ClO2. The van der Waals surface area contributed by atoms with Crippen molar-refractivity contribution < 1.29 is 9.90 Å². The van der Waals surface area contributed by atoms with Crippen LogP contribution in [0.15, 0.2) is 42.5 Å². The third-order valence-electron chi connectivity index (χ3n) is 2.81. The Morgan fingerprint density at radius 2 is 1.82 bits per heavy atom. The summed E-state index contributed by atoms with van der Waals surface area (Å²) in [6, 6.07) is 13.3. The lowest BCUT2D eigenvalue weighted by Crippen LogP contribution is -2.20. The number of benzene rings is 2. The normalized spacial score (nSPS) is 14.5. The predicted octanol–water partition coefficient (Wildman–Crippen LogP) is 3.07. The van der Waals surface area contributed by atoms with Crippen LogP contribution in [0.3, 0.4) is 0 Å². The van der Waals surface area contributed by atoms with Crippen LogP contribution in [0.5, 0.6) is 0 Å². The molecule has 17 heavy (non-hydrogen) atoms. The molecule has 0 amide bonds. The van der Waals surface area contributed by atoms with E-state index < -0.39 is 11.5 Å². The molecule has 0 aliphatic heterocycles. The average molecular weight is 249 g/mol. The van der Waals surface area contributed by atoms with Crippen molar-refractivity contribution in [1.29, 1.82) is 0 Å². The molecule has 0 radical (unpaired) electrons. The number of hydrogen-bond acceptors (Lipinski definition) is 2. The number of carbonyl (C=O) groups excluding carboxylic acids is 1. The van der Waals surface area contributed by atoms with Gasteiger partial charge >= 0.3 is 0 Å². The fourth-order valence-electron chi connectivity index (χ4n) is 1.89. The Kier molecular flexibility index (Phi) is 3.46. The monoisotopic (exact) mass is 248 g/mol. The molecule has 2 rings (SSSR count). The lowest BCUT2D eigenvalue weighted by atomic mass is 9.97. The summed E-state index contributed by atoms with van der Waals surface area (Å²) < 4.78 is 0. The van der Waals surface area contributed by atoms with Gasteiger partial charge < -0.3 is 5.11 Å². The first-order valence-corrected chi connectivity index (χ1v) is 5.85. The van der Waals surface area contributed by atoms with E-state index in [-0.39, 0.29) is 5.78 Å². The minimum Gasteiger partial charge on any atom is -0.386 e. The van der Waals surface area contributed by atoms with Gasteiger partial charge in [-0.3, -0.25) is 4.79 Å². The smallest absolute Gasteiger partial charge is 0.150 e. The first-order chi connectivity index (χ1) is 8.11. The van der Waals surface area contributed by atoms with Gasteiger partial charge in [-0.15, -0.1) is 11.6 Å². The van der Waals surface area contributed by atoms with Gasteiger partial charge in [-0.1, -0.05) is 42.5 Å². The molecular weight excluding hydrogens is 236 g/mol. The zero-order valence-corrected chi connectivity index (χ0v) is 10.2. The van der Waals surface area contributed by atoms with Crippen LogP contribution in [0, 0.1) is 0 Å². The molecule has 0 heterocycles. The highest BCUT2D eigenvalue weighted by Crippen LogP contribution is 2.28. The van der Waals surface area contributed by atoms with E-state index in [1.807, 2.05) is 36.4 Å². The standard InChI is InChI=1S/C14H13ClO2/c1-9(16)13(15)14(17)12-8-4-6-10-5-2-3-7-11(10)12/h2-8,13-14,17H,1H3/t13-,14-/m0/s1. The Morgan fingerprint density at radius 3 is 2.53 bits per heavy atom. The van der Waals surface area contributed by atoms with Crippen molar-refractivity contribution in [3.8, 4) is 0 Å². The zero-order valence-electron chi connectivity index (χ0n) is 9.43. The second kappa shape index (κ2) is 4.86. The van der Waals surface area contributed by atoms with Gasteiger partial charge in [-0.05, 0) is 23.3 Å². The van der Waals surface area contributed by atoms with Crippen molar-refractivity contribution >= 4 is 28.2 Å². The van der Waals surface area contributed by atoms with Gasteiger partial charge in [-0.25, -0.2) is 0 Å². The van der Waals surface area contributed by atoms with Gasteiger partial charge in [0, 0.05) is 0 Å². The molecule has 2 aromatic carbocycles. The van der Waals surface area contributed by atoms with Gasteiger partial charge in [0.15, 0.2) is 5.78 Å². The number of halogens is 1. The summed E-state index contributed by atoms with van der Waals surface area (Å²) in [6.45, 7) is 1.38. The lowest BCUT2D eigenvalue weighted by molar-refractivity contribution is -0.118. The molecule has 1 N–H and O–H groups in total. The molecule has 2 aromatic rings. The first kappa shape index (κ1) is 12.1. The molecule has 0 fully saturated rings. The molecule has 2 nitrogen and oxygen atoms in total. The van der Waals surface area contributed by atoms with E-state index in [0.717, 1.165) is 10.8 Å². The van der Waals surface area contributed by atoms with Crippen LogP contribution < -0.4 is 0 Å². The van der Waals surface area contributed by atoms with E-state index in [0.29, 0.717) is 5.56 Å². The minimum atomic E-state index is -0.972. The number of alkyl halides is 1. The van der Waals surface area contributed by atoms with Crippen molar-refractivity contribution in [2.75, 3.05) is 0 Å². The maximum absolute atomic E-state index is 11.2. The molecule has 2 atom stereocenters. The molecule has 0 aliphatic rings. The van der Waals surface area contributed by atoms with Crippen LogP contribution in [0.1, 0.15) is 18.6 Å². The summed E-state index contributed by atoms with van der Waals surface area (Å²) in [5.74, 6) is -0.230. The summed E-state index contributed by atoms with van der Waals surface area (Å²) >= 11 is 5.90. The number of aliphatic hydroxyl groups excluding tert-OH is 1. The SMILES string of the molecule is CC(=O)[C@H](Cl)[C@@H](O)c1cccc2ccccc12. The van der Waals surface area contributed by atoms with Crippen LogP contribution in [0.25, 0.3) is 10.8 Å². The third kappa shape index (κ3) is 2.33. The summed E-state index contributed by atoms with van der Waals surface area (Å²) in [7, 11) is 0. The lowest BCUT2D eigenvalue weighted by Gasteiger charge is -2.16. The molecule has 88 valence electrons. The van der Waals surface area contributed by atoms with E-state index in [1.54, 1.807) is 6.07 Å². The first-order valence-electron chi connectivity index (χ1n) is 5.41. The van der Waals surface area contributed by atoms with Crippen LogP contribution in [0.2, 0.25) is 0 Å². The zero-order chi connectivity index (χ0) is 12.4. The van der Waals surface area contributed by atoms with Gasteiger partial charge in [0.2, 0.25) is 0 Å². The van der Waals surface area contributed by atoms with Gasteiger partial charge in [0.25, 0.3) is 0 Å². The molecule has 3 heteroatoms. The second-order valence-corrected chi connectivity index (χ2v) is 4.50. The average Bonchev–Trinajstić information content (AvgIpc) is 2.36. The Labute approximate surface area is 105 Å². The highest BCUT2D eigenvalue weighted by Gasteiger charge is 2.23.